The van der Waals surface area contributed by atoms with Crippen LogP contribution in [0.15, 0.2) is 0 Å². The molecule has 0 aliphatic heterocycles. The van der Waals surface area contributed by atoms with Crippen LogP contribution in [0.4, 0.5) is 0 Å². The lowest BCUT2D eigenvalue weighted by atomic mass is 9.49. The number of hydrogen-bond acceptors (Lipinski definition) is 1. The van der Waals surface area contributed by atoms with Crippen molar-refractivity contribution in [3.05, 3.63) is 0 Å². The maximum absolute atomic E-state index is 11.9. The molecule has 3 fully saturated rings. The molecule has 0 N–H and O–H groups in total. The summed E-state index contributed by atoms with van der Waals surface area (Å²) in [5.41, 5.74) is 0.726. The van der Waals surface area contributed by atoms with Crippen molar-refractivity contribution in [1.29, 1.82) is 0 Å². The van der Waals surface area contributed by atoms with Gasteiger partial charge < -0.3 is 0 Å². The summed E-state index contributed by atoms with van der Waals surface area (Å²) in [6.45, 7) is 0. The van der Waals surface area contributed by atoms with Gasteiger partial charge in [0.15, 0.2) is 0 Å². The highest BCUT2D eigenvalue weighted by molar-refractivity contribution is 5.89. The van der Waals surface area contributed by atoms with E-state index in [9.17, 15) is 4.79 Å². The number of Topliss-reactive ketones (excluding diaryl/α,β-unsaturated/α-hetero) is 1. The van der Waals surface area contributed by atoms with E-state index in [1.54, 1.807) is 0 Å². The molecule has 3 saturated carbocycles. The van der Waals surface area contributed by atoms with Crippen molar-refractivity contribution in [2.75, 3.05) is 0 Å². The summed E-state index contributed by atoms with van der Waals surface area (Å²) in [6, 6.07) is 0. The summed E-state index contributed by atoms with van der Waals surface area (Å²) in [5.74, 6) is 0.626. The van der Waals surface area contributed by atoms with Crippen LogP contribution < -0.4 is 0 Å². The van der Waals surface area contributed by atoms with E-state index in [1.807, 2.05) is 0 Å². The molecular formula is C12H18O. The van der Waals surface area contributed by atoms with Crippen LogP contribution in [0.25, 0.3) is 0 Å². The average molecular weight is 178 g/mol. The molecular weight excluding hydrogens is 160 g/mol. The Hall–Kier alpha value is -0.330. The zero-order chi connectivity index (χ0) is 8.94. The summed E-state index contributed by atoms with van der Waals surface area (Å²) in [5, 5.41) is 0. The zero-order valence-electron chi connectivity index (χ0n) is 8.27. The molecule has 3 aliphatic carbocycles. The Morgan fingerprint density at radius 2 is 1.69 bits per heavy atom. The Balaban J connectivity index is 2.01. The second kappa shape index (κ2) is 2.37. The fraction of sp³-hybridized carbons (Fsp3) is 0.917. The van der Waals surface area contributed by atoms with Crippen LogP contribution >= 0.6 is 0 Å². The summed E-state index contributed by atoms with van der Waals surface area (Å²) >= 11 is 0. The minimum absolute atomic E-state index is 0.212. The van der Waals surface area contributed by atoms with Crippen LogP contribution in [0, 0.1) is 10.8 Å². The van der Waals surface area contributed by atoms with E-state index in [1.165, 1.54) is 51.4 Å². The largest absolute Gasteiger partial charge is 0.299 e. The summed E-state index contributed by atoms with van der Waals surface area (Å²) in [7, 11) is 0. The van der Waals surface area contributed by atoms with Crippen LogP contribution in [0.2, 0.25) is 0 Å². The molecule has 0 unspecified atom stereocenters. The van der Waals surface area contributed by atoms with E-state index in [4.69, 9.17) is 0 Å². The molecule has 1 nitrogen and oxygen atoms in total. The second-order valence-electron chi connectivity index (χ2n) is 5.35. The topological polar surface area (TPSA) is 17.1 Å². The van der Waals surface area contributed by atoms with Crippen LogP contribution in [0.3, 0.4) is 0 Å². The van der Waals surface area contributed by atoms with Crippen LogP contribution in [-0.4, -0.2) is 5.78 Å². The van der Waals surface area contributed by atoms with Crippen molar-refractivity contribution < 1.29 is 4.79 Å². The first-order valence-corrected chi connectivity index (χ1v) is 5.83. The summed E-state index contributed by atoms with van der Waals surface area (Å²) in [4.78, 5) is 11.9. The smallest absolute Gasteiger partial charge is 0.139 e. The third-order valence-electron chi connectivity index (χ3n) is 5.17. The Bertz CT molecular complexity index is 258. The van der Waals surface area contributed by atoms with Gasteiger partial charge in [0.25, 0.3) is 0 Å². The number of rotatable bonds is 0. The van der Waals surface area contributed by atoms with E-state index in [0.29, 0.717) is 11.2 Å². The van der Waals surface area contributed by atoms with E-state index in [-0.39, 0.29) is 5.41 Å². The predicted octanol–water partition coefficient (Wildman–Crippen LogP) is 3.08. The van der Waals surface area contributed by atoms with Gasteiger partial charge >= 0.3 is 0 Å². The molecule has 0 aromatic heterocycles. The van der Waals surface area contributed by atoms with Gasteiger partial charge in [-0.15, -0.1) is 0 Å². The number of hydrogen-bond donors (Lipinski definition) is 0. The lowest BCUT2D eigenvalue weighted by Crippen LogP contribution is -2.50. The lowest BCUT2D eigenvalue weighted by molar-refractivity contribution is -0.142. The van der Waals surface area contributed by atoms with Crippen molar-refractivity contribution in [3.63, 3.8) is 0 Å². The van der Waals surface area contributed by atoms with Gasteiger partial charge in [-0.2, -0.15) is 0 Å². The number of carbonyl (C=O) groups is 1. The molecule has 0 saturated heterocycles. The fourth-order valence-electron chi connectivity index (χ4n) is 4.26. The van der Waals surface area contributed by atoms with Gasteiger partial charge in [-0.25, -0.2) is 0 Å². The molecule has 13 heavy (non-hydrogen) atoms. The van der Waals surface area contributed by atoms with Crippen molar-refractivity contribution >= 4 is 5.78 Å². The maximum atomic E-state index is 11.9. The molecule has 0 radical (unpaired) electrons. The Labute approximate surface area is 79.9 Å². The predicted molar refractivity (Wildman–Crippen MR) is 51.4 cm³/mol. The van der Waals surface area contributed by atoms with E-state index >= 15 is 0 Å². The molecule has 0 heterocycles. The molecule has 2 atom stereocenters. The molecule has 3 aliphatic rings. The minimum atomic E-state index is 0.212. The van der Waals surface area contributed by atoms with E-state index in [0.717, 1.165) is 6.42 Å². The molecule has 0 bridgehead atoms. The normalized spacial score (nSPS) is 49.1. The SMILES string of the molecule is O=C1CC[C@@]23CCCCC[C@@]12CC3. The van der Waals surface area contributed by atoms with E-state index < -0.39 is 0 Å². The lowest BCUT2D eigenvalue weighted by Gasteiger charge is -2.54. The third-order valence-corrected chi connectivity index (χ3v) is 5.17. The first-order chi connectivity index (χ1) is 6.29. The molecule has 72 valence electrons. The second-order valence-corrected chi connectivity index (χ2v) is 5.35. The van der Waals surface area contributed by atoms with Crippen molar-refractivity contribution in [3.8, 4) is 0 Å². The zero-order valence-corrected chi connectivity index (χ0v) is 8.27. The third kappa shape index (κ3) is 0.769. The van der Waals surface area contributed by atoms with Crippen molar-refractivity contribution in [2.24, 2.45) is 10.8 Å². The van der Waals surface area contributed by atoms with Gasteiger partial charge in [-0.05, 0) is 37.5 Å². The van der Waals surface area contributed by atoms with Gasteiger partial charge in [-0.1, -0.05) is 19.3 Å². The van der Waals surface area contributed by atoms with Crippen molar-refractivity contribution in [1.82, 2.24) is 0 Å². The standard InChI is InChI=1S/C12H18O/c13-10-4-7-11-5-2-1-3-6-12(10,11)9-8-11/h1-9H2/t11-,12-/m1/s1. The van der Waals surface area contributed by atoms with Gasteiger partial charge in [0.05, 0.1) is 0 Å². The first-order valence-electron chi connectivity index (χ1n) is 5.83. The monoisotopic (exact) mass is 178 g/mol. The Morgan fingerprint density at radius 3 is 2.46 bits per heavy atom. The average Bonchev–Trinajstić information content (AvgIpc) is 2.24. The van der Waals surface area contributed by atoms with Crippen LogP contribution in [0.5, 0.6) is 0 Å². The van der Waals surface area contributed by atoms with Crippen molar-refractivity contribution in [2.45, 2.75) is 57.8 Å². The highest BCUT2D eigenvalue weighted by Gasteiger charge is 2.65. The quantitative estimate of drug-likeness (QED) is 0.557. The number of ketones is 1. The molecule has 0 aromatic carbocycles. The summed E-state index contributed by atoms with van der Waals surface area (Å²) in [6.07, 6.45) is 11.4. The Kier molecular flexibility index (Phi) is 1.46. The highest BCUT2D eigenvalue weighted by Crippen LogP contribution is 2.69. The number of carbonyl (C=O) groups excluding carboxylic acids is 1. The minimum Gasteiger partial charge on any atom is -0.299 e. The van der Waals surface area contributed by atoms with Gasteiger partial charge in [0, 0.05) is 11.8 Å². The maximum Gasteiger partial charge on any atom is 0.139 e. The Morgan fingerprint density at radius 1 is 0.846 bits per heavy atom. The molecule has 0 amide bonds. The van der Waals surface area contributed by atoms with Gasteiger partial charge in [0.1, 0.15) is 5.78 Å². The van der Waals surface area contributed by atoms with E-state index in [2.05, 4.69) is 0 Å². The van der Waals surface area contributed by atoms with Gasteiger partial charge in [0.2, 0.25) is 0 Å². The van der Waals surface area contributed by atoms with Gasteiger partial charge in [-0.3, -0.25) is 4.79 Å². The fourth-order valence-corrected chi connectivity index (χ4v) is 4.26. The van der Waals surface area contributed by atoms with Crippen LogP contribution in [0.1, 0.15) is 57.8 Å². The van der Waals surface area contributed by atoms with Crippen LogP contribution in [-0.2, 0) is 4.79 Å². The molecule has 0 spiro atoms. The first kappa shape index (κ1) is 8.02. The highest BCUT2D eigenvalue weighted by atomic mass is 16.1. The molecule has 1 heteroatoms. The molecule has 3 rings (SSSR count). The summed E-state index contributed by atoms with van der Waals surface area (Å²) < 4.78 is 0. The molecule has 0 aromatic rings.